The molecule has 0 radical (unpaired) electrons. The van der Waals surface area contributed by atoms with Gasteiger partial charge in [0.05, 0.1) is 10.0 Å². The second-order valence-electron chi connectivity index (χ2n) is 8.77. The van der Waals surface area contributed by atoms with Gasteiger partial charge in [-0.05, 0) is 42.5 Å². The van der Waals surface area contributed by atoms with Crippen molar-refractivity contribution in [3.05, 3.63) is 74.9 Å². The number of rotatable bonds is 2. The number of allylic oxidation sites excluding steroid dienone is 2. The Hall–Kier alpha value is -2.10. The molecule has 2 aromatic carbocycles. The van der Waals surface area contributed by atoms with Gasteiger partial charge in [0.25, 0.3) is 0 Å². The molecule has 5 heteroatoms. The molecule has 0 N–H and O–H groups in total. The first-order chi connectivity index (χ1) is 13.7. The predicted octanol–water partition coefficient (Wildman–Crippen LogP) is 6.47. The minimum absolute atomic E-state index is 0.0286. The van der Waals surface area contributed by atoms with Crippen LogP contribution in [0.4, 0.5) is 5.69 Å². The summed E-state index contributed by atoms with van der Waals surface area (Å²) in [6.45, 7) is 6.15. The van der Waals surface area contributed by atoms with Crippen molar-refractivity contribution < 1.29 is 9.59 Å². The van der Waals surface area contributed by atoms with Crippen LogP contribution in [0.1, 0.15) is 50.2 Å². The maximum Gasteiger partial charge on any atom is 0.232 e. The lowest BCUT2D eigenvalue weighted by Gasteiger charge is -2.43. The smallest absolute Gasteiger partial charge is 0.232 e. The van der Waals surface area contributed by atoms with E-state index >= 15 is 0 Å². The first kappa shape index (κ1) is 20.2. The lowest BCUT2D eigenvalue weighted by Crippen LogP contribution is -2.43. The fourth-order valence-corrected chi connectivity index (χ4v) is 4.90. The number of benzene rings is 2. The molecular weight excluding hydrogens is 405 g/mol. The Kier molecular flexibility index (Phi) is 5.08. The standard InChI is InChI=1S/C24H23Cl2NO2/c1-14-7-9-15(10-8-14)27-19-12-24(2,3)13-20(28)22(19)17(11-21(27)29)16-5-4-6-18(25)23(16)26/h4-10,17H,11-13H2,1-3H3. The fraction of sp³-hybridized carbons (Fsp3) is 0.333. The van der Waals surface area contributed by atoms with Crippen LogP contribution < -0.4 is 4.90 Å². The summed E-state index contributed by atoms with van der Waals surface area (Å²) in [5, 5.41) is 0.851. The quantitative estimate of drug-likeness (QED) is 0.550. The van der Waals surface area contributed by atoms with Gasteiger partial charge in [-0.15, -0.1) is 0 Å². The fourth-order valence-electron chi connectivity index (χ4n) is 4.46. The van der Waals surface area contributed by atoms with E-state index in [-0.39, 0.29) is 29.4 Å². The number of anilines is 1. The van der Waals surface area contributed by atoms with Crippen molar-refractivity contribution in [2.24, 2.45) is 5.41 Å². The number of nitrogens with zero attached hydrogens (tertiary/aromatic N) is 1. The highest BCUT2D eigenvalue weighted by Crippen LogP contribution is 2.49. The number of Topliss-reactive ketones (excluding diaryl/α,β-unsaturated/α-hetero) is 1. The van der Waals surface area contributed by atoms with E-state index in [0.717, 1.165) is 22.5 Å². The molecule has 29 heavy (non-hydrogen) atoms. The van der Waals surface area contributed by atoms with Gasteiger partial charge in [0.15, 0.2) is 5.78 Å². The van der Waals surface area contributed by atoms with Gasteiger partial charge in [0, 0.05) is 35.7 Å². The molecule has 1 aliphatic heterocycles. The monoisotopic (exact) mass is 427 g/mol. The maximum atomic E-state index is 13.3. The Balaban J connectivity index is 1.92. The third-order valence-corrected chi connectivity index (χ3v) is 6.63. The van der Waals surface area contributed by atoms with Crippen LogP contribution in [0.15, 0.2) is 53.7 Å². The number of hydrogen-bond donors (Lipinski definition) is 0. The Morgan fingerprint density at radius 3 is 2.38 bits per heavy atom. The van der Waals surface area contributed by atoms with Crippen molar-refractivity contribution in [3.63, 3.8) is 0 Å². The van der Waals surface area contributed by atoms with E-state index in [9.17, 15) is 9.59 Å². The molecule has 2 aliphatic rings. The largest absolute Gasteiger partial charge is 0.294 e. The van der Waals surface area contributed by atoms with E-state index < -0.39 is 0 Å². The van der Waals surface area contributed by atoms with E-state index in [1.54, 1.807) is 11.0 Å². The predicted molar refractivity (Wildman–Crippen MR) is 118 cm³/mol. The molecule has 1 atom stereocenters. The molecule has 2 aromatic rings. The van der Waals surface area contributed by atoms with E-state index in [1.165, 1.54) is 0 Å². The van der Waals surface area contributed by atoms with Crippen molar-refractivity contribution >= 4 is 40.6 Å². The zero-order valence-corrected chi connectivity index (χ0v) is 18.3. The highest BCUT2D eigenvalue weighted by atomic mass is 35.5. The van der Waals surface area contributed by atoms with Gasteiger partial charge in [0.1, 0.15) is 0 Å². The van der Waals surface area contributed by atoms with Crippen LogP contribution in [0.5, 0.6) is 0 Å². The summed E-state index contributed by atoms with van der Waals surface area (Å²) >= 11 is 12.7. The first-order valence-corrected chi connectivity index (χ1v) is 10.5. The summed E-state index contributed by atoms with van der Waals surface area (Å²) in [6, 6.07) is 13.3. The van der Waals surface area contributed by atoms with Crippen molar-refractivity contribution in [2.45, 2.75) is 46.0 Å². The van der Waals surface area contributed by atoms with Gasteiger partial charge in [-0.3, -0.25) is 14.5 Å². The minimum atomic E-state index is -0.367. The van der Waals surface area contributed by atoms with Crippen LogP contribution in [0.2, 0.25) is 10.0 Å². The molecule has 1 heterocycles. The molecule has 0 aromatic heterocycles. The molecular formula is C24H23Cl2NO2. The average molecular weight is 428 g/mol. The highest BCUT2D eigenvalue weighted by Gasteiger charge is 2.44. The van der Waals surface area contributed by atoms with E-state index in [1.807, 2.05) is 43.3 Å². The topological polar surface area (TPSA) is 37.4 Å². The Morgan fingerprint density at radius 2 is 1.69 bits per heavy atom. The van der Waals surface area contributed by atoms with Crippen LogP contribution in [0.3, 0.4) is 0 Å². The van der Waals surface area contributed by atoms with Crippen molar-refractivity contribution in [1.82, 2.24) is 0 Å². The summed E-state index contributed by atoms with van der Waals surface area (Å²) in [5.41, 5.74) is 3.96. The van der Waals surface area contributed by atoms with Crippen LogP contribution in [-0.2, 0) is 9.59 Å². The molecule has 3 nitrogen and oxygen atoms in total. The number of amides is 1. The number of ketones is 1. The molecule has 0 bridgehead atoms. The molecule has 1 unspecified atom stereocenters. The van der Waals surface area contributed by atoms with Crippen molar-refractivity contribution in [3.8, 4) is 0 Å². The van der Waals surface area contributed by atoms with Gasteiger partial charge in [-0.1, -0.05) is 66.9 Å². The SMILES string of the molecule is Cc1ccc(N2C(=O)CC(c3cccc(Cl)c3Cl)C3=C2CC(C)(C)CC3=O)cc1. The molecule has 0 saturated heterocycles. The van der Waals surface area contributed by atoms with Gasteiger partial charge >= 0.3 is 0 Å². The van der Waals surface area contributed by atoms with Crippen molar-refractivity contribution in [1.29, 1.82) is 0 Å². The first-order valence-electron chi connectivity index (χ1n) is 9.78. The van der Waals surface area contributed by atoms with Gasteiger partial charge in [-0.25, -0.2) is 0 Å². The number of halogens is 2. The number of hydrogen-bond acceptors (Lipinski definition) is 2. The summed E-state index contributed by atoms with van der Waals surface area (Å²) in [6.07, 6.45) is 1.30. The summed E-state index contributed by atoms with van der Waals surface area (Å²) in [5.74, 6) is -0.310. The second kappa shape index (κ2) is 7.30. The van der Waals surface area contributed by atoms with Gasteiger partial charge in [0.2, 0.25) is 5.91 Å². The highest BCUT2D eigenvalue weighted by molar-refractivity contribution is 6.42. The molecule has 0 saturated carbocycles. The molecule has 1 aliphatic carbocycles. The third kappa shape index (κ3) is 3.62. The molecule has 4 rings (SSSR count). The maximum absolute atomic E-state index is 13.3. The zero-order valence-electron chi connectivity index (χ0n) is 16.8. The minimum Gasteiger partial charge on any atom is -0.294 e. The number of carbonyl (C=O) groups excluding carboxylic acids is 2. The van der Waals surface area contributed by atoms with E-state index in [0.29, 0.717) is 28.5 Å². The van der Waals surface area contributed by atoms with Crippen molar-refractivity contribution in [2.75, 3.05) is 4.90 Å². The summed E-state index contributed by atoms with van der Waals surface area (Å²) in [7, 11) is 0. The molecule has 1 amide bonds. The van der Waals surface area contributed by atoms with E-state index in [4.69, 9.17) is 23.2 Å². The van der Waals surface area contributed by atoms with Crippen LogP contribution in [0.25, 0.3) is 0 Å². The Labute approximate surface area is 181 Å². The second-order valence-corrected chi connectivity index (χ2v) is 9.55. The number of aryl methyl sites for hydroxylation is 1. The molecule has 150 valence electrons. The average Bonchev–Trinajstić information content (AvgIpc) is 2.63. The lowest BCUT2D eigenvalue weighted by atomic mass is 9.69. The van der Waals surface area contributed by atoms with Crippen LogP contribution in [-0.4, -0.2) is 11.7 Å². The summed E-state index contributed by atoms with van der Waals surface area (Å²) < 4.78 is 0. The molecule has 0 spiro atoms. The molecule has 0 fully saturated rings. The zero-order chi connectivity index (χ0) is 20.9. The summed E-state index contributed by atoms with van der Waals surface area (Å²) in [4.78, 5) is 28.4. The normalized spacial score (nSPS) is 21.4. The Morgan fingerprint density at radius 1 is 1.00 bits per heavy atom. The third-order valence-electron chi connectivity index (χ3n) is 5.79. The number of carbonyl (C=O) groups is 2. The van der Waals surface area contributed by atoms with Crippen LogP contribution >= 0.6 is 23.2 Å². The van der Waals surface area contributed by atoms with Crippen LogP contribution in [0, 0.1) is 12.3 Å². The Bertz CT molecular complexity index is 1040. The van der Waals surface area contributed by atoms with Gasteiger partial charge < -0.3 is 0 Å². The lowest BCUT2D eigenvalue weighted by molar-refractivity contribution is -0.121. The van der Waals surface area contributed by atoms with E-state index in [2.05, 4.69) is 13.8 Å². The van der Waals surface area contributed by atoms with Gasteiger partial charge in [-0.2, -0.15) is 0 Å².